The number of rotatable bonds is 10. The monoisotopic (exact) mass is 653 g/mol. The fourth-order valence-electron chi connectivity index (χ4n) is 3.90. The van der Waals surface area contributed by atoms with Crippen molar-refractivity contribution in [3.8, 4) is 11.5 Å². The number of fused-ring (bicyclic) bond motifs is 1. The number of benzene rings is 1. The van der Waals surface area contributed by atoms with Gasteiger partial charge in [0.25, 0.3) is 5.91 Å². The maximum absolute atomic E-state index is 14.6. The molecule has 240 valence electrons. The zero-order valence-corrected chi connectivity index (χ0v) is 26.4. The summed E-state index contributed by atoms with van der Waals surface area (Å²) in [4.78, 5) is 16.5. The first-order chi connectivity index (χ1) is 19.6. The summed E-state index contributed by atoms with van der Waals surface area (Å²) >= 11 is 4.53. The van der Waals surface area contributed by atoms with Crippen LogP contribution in [0.3, 0.4) is 0 Å². The van der Waals surface area contributed by atoms with E-state index in [1.54, 1.807) is 27.7 Å². The van der Waals surface area contributed by atoms with E-state index in [0.29, 0.717) is 0 Å². The number of aliphatic hydroxyl groups is 1. The van der Waals surface area contributed by atoms with Gasteiger partial charge in [0, 0.05) is 22.5 Å². The highest BCUT2D eigenvalue weighted by atomic mass is 35.5. The van der Waals surface area contributed by atoms with Gasteiger partial charge in [0.2, 0.25) is 5.60 Å². The van der Waals surface area contributed by atoms with E-state index in [-0.39, 0.29) is 42.4 Å². The Balaban J connectivity index is 1.82. The molecule has 9 nitrogen and oxygen atoms in total. The van der Waals surface area contributed by atoms with Gasteiger partial charge in [-0.25, -0.2) is 9.37 Å². The molecule has 0 saturated carbocycles. The molecule has 1 aromatic heterocycles. The molecule has 3 atom stereocenters. The molecule has 0 fully saturated rings. The summed E-state index contributed by atoms with van der Waals surface area (Å²) in [5.74, 6) is -2.21. The quantitative estimate of drug-likeness (QED) is 0.143. The van der Waals surface area contributed by atoms with Gasteiger partial charge in [-0.15, -0.1) is 4.72 Å². The predicted molar refractivity (Wildman–Crippen MR) is 153 cm³/mol. The van der Waals surface area contributed by atoms with Gasteiger partial charge in [-0.05, 0) is 72.7 Å². The molecule has 2 aromatic rings. The molecular formula is C28H36ClF4N3O6S. The van der Waals surface area contributed by atoms with Gasteiger partial charge < -0.3 is 29.2 Å². The van der Waals surface area contributed by atoms with E-state index in [1.165, 1.54) is 6.07 Å². The van der Waals surface area contributed by atoms with E-state index in [4.69, 9.17) is 25.8 Å². The fourth-order valence-corrected chi connectivity index (χ4v) is 5.03. The number of hydrogen-bond acceptors (Lipinski definition) is 8. The third kappa shape index (κ3) is 8.22. The maximum atomic E-state index is 14.6. The highest BCUT2D eigenvalue weighted by molar-refractivity contribution is 7.90. The normalized spacial score (nSPS) is 19.3. The van der Waals surface area contributed by atoms with Crippen molar-refractivity contribution in [1.29, 1.82) is 0 Å². The van der Waals surface area contributed by atoms with Crippen molar-refractivity contribution in [1.82, 2.24) is 15.0 Å². The Morgan fingerprint density at radius 1 is 1.19 bits per heavy atom. The zero-order valence-electron chi connectivity index (χ0n) is 24.9. The molecule has 0 spiro atoms. The van der Waals surface area contributed by atoms with Gasteiger partial charge in [-0.2, -0.15) is 13.2 Å². The minimum Gasteiger partial charge on any atom is -0.598 e. The minimum absolute atomic E-state index is 0.0253. The second-order valence-corrected chi connectivity index (χ2v) is 14.6. The number of hydrogen-bond donors (Lipinski definition) is 3. The summed E-state index contributed by atoms with van der Waals surface area (Å²) in [6, 6.07) is 4.08. The molecule has 0 bridgehead atoms. The minimum atomic E-state index is -5.33. The van der Waals surface area contributed by atoms with Gasteiger partial charge in [-0.3, -0.25) is 4.79 Å². The standard InChI is InChI=1S/C28H36ClF4N3O6S/c1-24(2,3)42-11-10-40-19-9-8-16(12-18(19)30)23(37)34-14-27(38,28(31,32)33)20-13-17-21(22(29)35-20)41-15-26(17,7)36-43(39)25(4,5)6/h8-9,12-13,36,38H,10-11,14-15H2,1-7H3,(H,34,37). The molecule has 1 aromatic carbocycles. The topological polar surface area (TPSA) is 125 Å². The molecule has 43 heavy (non-hydrogen) atoms. The molecule has 1 amide bonds. The van der Waals surface area contributed by atoms with Crippen LogP contribution < -0.4 is 19.5 Å². The van der Waals surface area contributed by atoms with Crippen molar-refractivity contribution in [3.63, 3.8) is 0 Å². The number of aromatic nitrogens is 1. The third-order valence-electron chi connectivity index (χ3n) is 6.37. The first-order valence-corrected chi connectivity index (χ1v) is 14.8. The lowest BCUT2D eigenvalue weighted by molar-refractivity contribution is -0.265. The van der Waals surface area contributed by atoms with Crippen molar-refractivity contribution in [2.24, 2.45) is 0 Å². The molecule has 1 aliphatic heterocycles. The Bertz CT molecular complexity index is 1340. The van der Waals surface area contributed by atoms with Crippen molar-refractivity contribution >= 4 is 28.9 Å². The van der Waals surface area contributed by atoms with E-state index in [0.717, 1.165) is 18.2 Å². The molecule has 3 rings (SSSR count). The predicted octanol–water partition coefficient (Wildman–Crippen LogP) is 4.91. The third-order valence-corrected chi connectivity index (χ3v) is 8.38. The molecule has 1 aliphatic rings. The summed E-state index contributed by atoms with van der Waals surface area (Å²) in [5, 5.41) is 12.5. The second-order valence-electron chi connectivity index (χ2n) is 12.3. The smallest absolute Gasteiger partial charge is 0.424 e. The number of carbonyl (C=O) groups is 1. The van der Waals surface area contributed by atoms with Gasteiger partial charge in [0.1, 0.15) is 23.5 Å². The van der Waals surface area contributed by atoms with Gasteiger partial charge in [-0.1, -0.05) is 11.6 Å². The van der Waals surface area contributed by atoms with Crippen molar-refractivity contribution in [3.05, 3.63) is 52.1 Å². The Kier molecular flexibility index (Phi) is 10.3. The molecule has 2 heterocycles. The molecule has 0 aliphatic carbocycles. The van der Waals surface area contributed by atoms with Crippen LogP contribution in [-0.2, 0) is 27.2 Å². The van der Waals surface area contributed by atoms with Gasteiger partial charge >= 0.3 is 6.18 Å². The number of carbonyl (C=O) groups excluding carboxylic acids is 1. The Morgan fingerprint density at radius 3 is 2.40 bits per heavy atom. The number of alkyl halides is 3. The molecule has 0 radical (unpaired) electrons. The SMILES string of the molecule is CC(C)(C)OCCOc1ccc(C(=O)NCC(O)(c2cc3c(c(Cl)n2)OCC3(C)N[S+]([O-])C(C)(C)C)C(F)(F)F)cc1F. The van der Waals surface area contributed by atoms with Crippen LogP contribution >= 0.6 is 11.6 Å². The largest absolute Gasteiger partial charge is 0.598 e. The van der Waals surface area contributed by atoms with Crippen LogP contribution in [0.2, 0.25) is 5.15 Å². The van der Waals surface area contributed by atoms with Gasteiger partial charge in [0.15, 0.2) is 22.5 Å². The average Bonchev–Trinajstić information content (AvgIpc) is 3.20. The van der Waals surface area contributed by atoms with E-state index < -0.39 is 68.1 Å². The van der Waals surface area contributed by atoms with E-state index in [1.807, 2.05) is 26.1 Å². The number of nitrogens with zero attached hydrogens (tertiary/aromatic N) is 1. The van der Waals surface area contributed by atoms with Crippen LogP contribution in [0.1, 0.15) is 70.1 Å². The first kappa shape index (κ1) is 35.1. The van der Waals surface area contributed by atoms with Crippen LogP contribution in [-0.4, -0.2) is 63.4 Å². The highest BCUT2D eigenvalue weighted by Gasteiger charge is 2.57. The average molecular weight is 654 g/mol. The maximum Gasteiger partial charge on any atom is 0.424 e. The first-order valence-electron chi connectivity index (χ1n) is 13.2. The van der Waals surface area contributed by atoms with Crippen molar-refractivity contribution in [2.75, 3.05) is 26.4 Å². The molecule has 3 unspecified atom stereocenters. The number of amides is 1. The number of halogens is 5. The Hall–Kier alpha value is -2.36. The van der Waals surface area contributed by atoms with Crippen LogP contribution in [0.5, 0.6) is 11.5 Å². The van der Waals surface area contributed by atoms with E-state index >= 15 is 0 Å². The number of ether oxygens (including phenoxy) is 3. The van der Waals surface area contributed by atoms with Crippen molar-refractivity contribution < 1.29 is 46.2 Å². The summed E-state index contributed by atoms with van der Waals surface area (Å²) in [5.41, 5.74) is -6.50. The van der Waals surface area contributed by atoms with Crippen molar-refractivity contribution in [2.45, 2.75) is 76.1 Å². The molecule has 15 heteroatoms. The van der Waals surface area contributed by atoms with Gasteiger partial charge in [0.05, 0.1) is 24.4 Å². The summed E-state index contributed by atoms with van der Waals surface area (Å²) in [6.45, 7) is 10.9. The summed E-state index contributed by atoms with van der Waals surface area (Å²) in [7, 11) is 0. The van der Waals surface area contributed by atoms with Crippen LogP contribution in [0.25, 0.3) is 0 Å². The Morgan fingerprint density at radius 2 is 1.84 bits per heavy atom. The molecular weight excluding hydrogens is 618 g/mol. The Labute approximate surface area is 255 Å². The van der Waals surface area contributed by atoms with Crippen LogP contribution in [0, 0.1) is 5.82 Å². The fraction of sp³-hybridized carbons (Fsp3) is 0.571. The lowest BCUT2D eigenvalue weighted by Crippen LogP contribution is -2.52. The lowest BCUT2D eigenvalue weighted by atomic mass is 9.91. The summed E-state index contributed by atoms with van der Waals surface area (Å²) in [6.07, 6.45) is -5.33. The zero-order chi connectivity index (χ0) is 32.6. The van der Waals surface area contributed by atoms with Crippen LogP contribution in [0.4, 0.5) is 17.6 Å². The number of nitrogens with one attached hydrogen (secondary N) is 2. The van der Waals surface area contributed by atoms with E-state index in [9.17, 15) is 32.0 Å². The summed E-state index contributed by atoms with van der Waals surface area (Å²) < 4.78 is 89.0. The highest BCUT2D eigenvalue weighted by Crippen LogP contribution is 2.46. The molecule has 3 N–H and O–H groups in total. The second kappa shape index (κ2) is 12.6. The van der Waals surface area contributed by atoms with Crippen LogP contribution in [0.15, 0.2) is 24.3 Å². The number of pyridine rings is 1. The molecule has 0 saturated heterocycles. The van der Waals surface area contributed by atoms with E-state index in [2.05, 4.69) is 9.71 Å². The lowest BCUT2D eigenvalue weighted by Gasteiger charge is -2.33.